The first kappa shape index (κ1) is 13.9. The predicted octanol–water partition coefficient (Wildman–Crippen LogP) is 2.98. The second-order valence-corrected chi connectivity index (χ2v) is 6.10. The van der Waals surface area contributed by atoms with Gasteiger partial charge in [0.25, 0.3) is 0 Å². The zero-order valence-corrected chi connectivity index (χ0v) is 11.9. The molecular formula is C14H20O3S. The normalized spacial score (nSPS) is 24.1. The molecule has 2 rings (SSSR count). The molecule has 18 heavy (non-hydrogen) atoms. The van der Waals surface area contributed by atoms with Crippen LogP contribution in [0.4, 0.5) is 0 Å². The van der Waals surface area contributed by atoms with Crippen molar-refractivity contribution >= 4 is 11.8 Å². The van der Waals surface area contributed by atoms with Crippen LogP contribution in [0.3, 0.4) is 0 Å². The fourth-order valence-electron chi connectivity index (χ4n) is 1.88. The Kier molecular flexibility index (Phi) is 4.33. The number of thioether (sulfide) groups is 1. The van der Waals surface area contributed by atoms with Crippen LogP contribution in [0.2, 0.25) is 0 Å². The van der Waals surface area contributed by atoms with Crippen LogP contribution in [0.25, 0.3) is 0 Å². The highest BCUT2D eigenvalue weighted by atomic mass is 32.2. The largest absolute Gasteiger partial charge is 0.389 e. The van der Waals surface area contributed by atoms with Gasteiger partial charge in [0.1, 0.15) is 0 Å². The molecule has 3 nitrogen and oxygen atoms in total. The van der Waals surface area contributed by atoms with E-state index in [1.807, 2.05) is 38.1 Å². The van der Waals surface area contributed by atoms with Crippen molar-refractivity contribution in [1.29, 1.82) is 0 Å². The zero-order chi connectivity index (χ0) is 13.2. The predicted molar refractivity (Wildman–Crippen MR) is 72.7 cm³/mol. The lowest BCUT2D eigenvalue weighted by Gasteiger charge is -2.16. The highest BCUT2D eigenvalue weighted by Gasteiger charge is 2.32. The molecule has 0 amide bonds. The van der Waals surface area contributed by atoms with Gasteiger partial charge in [-0.3, -0.25) is 0 Å². The highest BCUT2D eigenvalue weighted by Crippen LogP contribution is 2.28. The van der Waals surface area contributed by atoms with Gasteiger partial charge in [0.05, 0.1) is 18.8 Å². The van der Waals surface area contributed by atoms with Gasteiger partial charge in [-0.15, -0.1) is 11.8 Å². The van der Waals surface area contributed by atoms with Crippen molar-refractivity contribution < 1.29 is 14.6 Å². The van der Waals surface area contributed by atoms with E-state index in [2.05, 4.69) is 0 Å². The summed E-state index contributed by atoms with van der Waals surface area (Å²) in [6.45, 7) is 6.31. The standard InChI is InChI=1S/C14H20O3S/c1-10(15)11-4-6-13(7-5-11)18-9-12-8-16-14(2,3)17-12/h4-7,10,12,15H,8-9H2,1-3H3/t10?,12-/m0/s1. The molecule has 0 bridgehead atoms. The van der Waals surface area contributed by atoms with Gasteiger partial charge in [0.15, 0.2) is 5.79 Å². The van der Waals surface area contributed by atoms with Crippen LogP contribution in [0.5, 0.6) is 0 Å². The summed E-state index contributed by atoms with van der Waals surface area (Å²) in [4.78, 5) is 1.19. The minimum atomic E-state index is -0.443. The molecule has 1 heterocycles. The molecule has 1 unspecified atom stereocenters. The molecule has 0 radical (unpaired) electrons. The minimum absolute atomic E-state index is 0.154. The van der Waals surface area contributed by atoms with E-state index in [0.717, 1.165) is 11.3 Å². The topological polar surface area (TPSA) is 38.7 Å². The molecule has 1 aliphatic heterocycles. The van der Waals surface area contributed by atoms with E-state index < -0.39 is 11.9 Å². The molecule has 1 N–H and O–H groups in total. The number of ether oxygens (including phenoxy) is 2. The van der Waals surface area contributed by atoms with Crippen LogP contribution < -0.4 is 0 Å². The van der Waals surface area contributed by atoms with Gasteiger partial charge in [-0.2, -0.15) is 0 Å². The van der Waals surface area contributed by atoms with Crippen molar-refractivity contribution in [1.82, 2.24) is 0 Å². The molecule has 1 fully saturated rings. The monoisotopic (exact) mass is 268 g/mol. The van der Waals surface area contributed by atoms with E-state index in [1.54, 1.807) is 18.7 Å². The van der Waals surface area contributed by atoms with Crippen molar-refractivity contribution in [2.45, 2.75) is 43.7 Å². The Labute approximate surface area is 112 Å². The molecule has 1 aliphatic rings. The fourth-order valence-corrected chi connectivity index (χ4v) is 2.75. The van der Waals surface area contributed by atoms with Crippen molar-refractivity contribution in [2.75, 3.05) is 12.4 Å². The maximum Gasteiger partial charge on any atom is 0.163 e. The van der Waals surface area contributed by atoms with Crippen LogP contribution in [0.1, 0.15) is 32.4 Å². The lowest BCUT2D eigenvalue weighted by atomic mass is 10.1. The lowest BCUT2D eigenvalue weighted by Crippen LogP contribution is -2.22. The number of rotatable bonds is 4. The Morgan fingerprint density at radius 2 is 2.06 bits per heavy atom. The summed E-state index contributed by atoms with van der Waals surface area (Å²) in [5.74, 6) is 0.443. The summed E-state index contributed by atoms with van der Waals surface area (Å²) in [5.41, 5.74) is 0.945. The van der Waals surface area contributed by atoms with E-state index in [4.69, 9.17) is 9.47 Å². The molecule has 1 saturated heterocycles. The molecule has 0 aliphatic carbocycles. The summed E-state index contributed by atoms with van der Waals surface area (Å²) in [7, 11) is 0. The van der Waals surface area contributed by atoms with Crippen molar-refractivity contribution in [3.8, 4) is 0 Å². The first-order valence-electron chi connectivity index (χ1n) is 6.19. The average Bonchev–Trinajstić information content (AvgIpc) is 2.67. The molecule has 0 aromatic heterocycles. The van der Waals surface area contributed by atoms with E-state index in [-0.39, 0.29) is 6.10 Å². The molecular weight excluding hydrogens is 248 g/mol. The summed E-state index contributed by atoms with van der Waals surface area (Å²) in [5, 5.41) is 9.43. The van der Waals surface area contributed by atoms with Crippen molar-refractivity contribution in [2.24, 2.45) is 0 Å². The summed E-state index contributed by atoms with van der Waals surface area (Å²) < 4.78 is 11.3. The Morgan fingerprint density at radius 1 is 1.39 bits per heavy atom. The van der Waals surface area contributed by atoms with Crippen LogP contribution in [-0.4, -0.2) is 29.4 Å². The number of benzene rings is 1. The Bertz CT molecular complexity index is 387. The molecule has 4 heteroatoms. The molecule has 1 aromatic rings. The Balaban J connectivity index is 1.84. The van der Waals surface area contributed by atoms with Crippen LogP contribution >= 0.6 is 11.8 Å². The van der Waals surface area contributed by atoms with Crippen LogP contribution in [0, 0.1) is 0 Å². The maximum absolute atomic E-state index is 9.43. The van der Waals surface area contributed by atoms with Gasteiger partial charge >= 0.3 is 0 Å². The first-order valence-corrected chi connectivity index (χ1v) is 7.17. The third kappa shape index (κ3) is 3.72. The summed E-state index contributed by atoms with van der Waals surface area (Å²) >= 11 is 1.75. The van der Waals surface area contributed by atoms with Crippen molar-refractivity contribution in [3.63, 3.8) is 0 Å². The number of aliphatic hydroxyl groups excluding tert-OH is 1. The fraction of sp³-hybridized carbons (Fsp3) is 0.571. The molecule has 2 atom stereocenters. The third-order valence-corrected chi connectivity index (χ3v) is 4.01. The van der Waals surface area contributed by atoms with Gasteiger partial charge in [-0.1, -0.05) is 12.1 Å². The van der Waals surface area contributed by atoms with E-state index in [9.17, 15) is 5.11 Å². The van der Waals surface area contributed by atoms with Gasteiger partial charge in [-0.25, -0.2) is 0 Å². The lowest BCUT2D eigenvalue weighted by molar-refractivity contribution is -0.135. The maximum atomic E-state index is 9.43. The molecule has 100 valence electrons. The van der Waals surface area contributed by atoms with Crippen LogP contribution in [-0.2, 0) is 9.47 Å². The second-order valence-electron chi connectivity index (χ2n) is 5.01. The third-order valence-electron chi connectivity index (χ3n) is 2.87. The van der Waals surface area contributed by atoms with E-state index in [1.165, 1.54) is 4.90 Å². The second kappa shape index (κ2) is 5.61. The molecule has 0 spiro atoms. The zero-order valence-electron chi connectivity index (χ0n) is 11.1. The van der Waals surface area contributed by atoms with Gasteiger partial charge in [-0.05, 0) is 38.5 Å². The summed E-state index contributed by atoms with van der Waals surface area (Å²) in [6.07, 6.45) is -0.252. The van der Waals surface area contributed by atoms with Crippen LogP contribution in [0.15, 0.2) is 29.2 Å². The van der Waals surface area contributed by atoms with Gasteiger partial charge in [0, 0.05) is 10.6 Å². The molecule has 1 aromatic carbocycles. The quantitative estimate of drug-likeness (QED) is 0.852. The van der Waals surface area contributed by atoms with Gasteiger partial charge < -0.3 is 14.6 Å². The highest BCUT2D eigenvalue weighted by molar-refractivity contribution is 7.99. The minimum Gasteiger partial charge on any atom is -0.389 e. The SMILES string of the molecule is CC(O)c1ccc(SC[C@@H]2COC(C)(C)O2)cc1. The van der Waals surface area contributed by atoms with E-state index in [0.29, 0.717) is 6.61 Å². The number of hydrogen-bond acceptors (Lipinski definition) is 4. The average molecular weight is 268 g/mol. The van der Waals surface area contributed by atoms with E-state index >= 15 is 0 Å². The van der Waals surface area contributed by atoms with Gasteiger partial charge in [0.2, 0.25) is 0 Å². The van der Waals surface area contributed by atoms with Crippen molar-refractivity contribution in [3.05, 3.63) is 29.8 Å². The Hall–Kier alpha value is -0.550. The number of aliphatic hydroxyl groups is 1. The summed E-state index contributed by atoms with van der Waals surface area (Å²) in [6, 6.07) is 7.99. The first-order chi connectivity index (χ1) is 8.46. The Morgan fingerprint density at radius 3 is 2.56 bits per heavy atom. The number of hydrogen-bond donors (Lipinski definition) is 1. The molecule has 0 saturated carbocycles. The smallest absolute Gasteiger partial charge is 0.163 e.